The zero-order valence-corrected chi connectivity index (χ0v) is 14.6. The average molecular weight is 340 g/mol. The number of nitrogens with zero attached hydrogens (tertiary/aromatic N) is 2. The first-order valence-electron chi connectivity index (χ1n) is 7.17. The smallest absolute Gasteiger partial charge is 0.350 e. The van der Waals surface area contributed by atoms with Crippen molar-refractivity contribution in [1.29, 1.82) is 0 Å². The minimum atomic E-state index is -0.409. The Hall–Kier alpha value is -1.54. The quantitative estimate of drug-likeness (QED) is 0.345. The molecule has 3 N–H and O–H groups in total. The number of nitrogens with one attached hydrogen (secondary N) is 1. The van der Waals surface area contributed by atoms with E-state index in [-0.39, 0.29) is 0 Å². The van der Waals surface area contributed by atoms with Crippen LogP contribution in [0, 0.1) is 0 Å². The molecule has 6 nitrogen and oxygen atoms in total. The van der Waals surface area contributed by atoms with Gasteiger partial charge in [-0.15, -0.1) is 11.3 Å². The summed E-state index contributed by atoms with van der Waals surface area (Å²) >= 11 is 2.71. The number of thioether (sulfide) groups is 1. The van der Waals surface area contributed by atoms with Crippen LogP contribution in [-0.4, -0.2) is 35.3 Å². The van der Waals surface area contributed by atoms with Crippen molar-refractivity contribution >= 4 is 50.8 Å². The van der Waals surface area contributed by atoms with Crippen molar-refractivity contribution in [1.82, 2.24) is 9.97 Å². The summed E-state index contributed by atoms with van der Waals surface area (Å²) in [5, 5.41) is 4.66. The minimum Gasteiger partial charge on any atom is -0.462 e. The number of rotatable bonds is 7. The lowest BCUT2D eigenvalue weighted by Gasteiger charge is -2.08. The molecule has 2 aromatic heterocycles. The number of anilines is 2. The molecule has 0 bridgehead atoms. The van der Waals surface area contributed by atoms with Crippen LogP contribution < -0.4 is 11.1 Å². The van der Waals surface area contributed by atoms with Crippen molar-refractivity contribution in [3.63, 3.8) is 0 Å². The number of nitrogen functional groups attached to an aromatic ring is 1. The second kappa shape index (κ2) is 7.64. The van der Waals surface area contributed by atoms with Gasteiger partial charge in [-0.1, -0.05) is 25.1 Å². The van der Waals surface area contributed by atoms with Gasteiger partial charge in [0.05, 0.1) is 17.7 Å². The fraction of sp³-hybridized carbons (Fsp3) is 0.500. The normalized spacial score (nSPS) is 10.9. The van der Waals surface area contributed by atoms with Gasteiger partial charge >= 0.3 is 5.97 Å². The fourth-order valence-electron chi connectivity index (χ4n) is 1.95. The summed E-state index contributed by atoms with van der Waals surface area (Å²) in [4.78, 5) is 22.0. The number of thiophene rings is 1. The second-order valence-corrected chi connectivity index (χ2v) is 6.36. The summed E-state index contributed by atoms with van der Waals surface area (Å²) in [5.41, 5.74) is 6.54. The van der Waals surface area contributed by atoms with Crippen LogP contribution >= 0.6 is 23.1 Å². The molecule has 8 heteroatoms. The molecule has 0 aliphatic carbocycles. The van der Waals surface area contributed by atoms with Gasteiger partial charge < -0.3 is 15.8 Å². The molecular formula is C14H20N4O2S2. The molecule has 0 spiro atoms. The van der Waals surface area contributed by atoms with Crippen LogP contribution in [0.2, 0.25) is 0 Å². The number of fused-ring (bicyclic) bond motifs is 1. The van der Waals surface area contributed by atoms with E-state index in [1.54, 1.807) is 6.92 Å². The third-order valence-electron chi connectivity index (χ3n) is 3.03. The van der Waals surface area contributed by atoms with Crippen molar-refractivity contribution in [3.8, 4) is 0 Å². The number of aromatic nitrogens is 2. The largest absolute Gasteiger partial charge is 0.462 e. The van der Waals surface area contributed by atoms with E-state index in [1.165, 1.54) is 23.1 Å². The lowest BCUT2D eigenvalue weighted by molar-refractivity contribution is 0.0533. The van der Waals surface area contributed by atoms with Crippen LogP contribution in [0.3, 0.4) is 0 Å². The maximum absolute atomic E-state index is 12.0. The summed E-state index contributed by atoms with van der Waals surface area (Å²) in [6.45, 7) is 5.02. The molecule has 22 heavy (non-hydrogen) atoms. The monoisotopic (exact) mass is 340 g/mol. The SMILES string of the molecule is CCCCNc1nc(SC)nc2sc(C(=O)OCC)c(N)c12. The van der Waals surface area contributed by atoms with E-state index in [1.807, 2.05) is 6.26 Å². The molecule has 0 atom stereocenters. The summed E-state index contributed by atoms with van der Waals surface area (Å²) in [6, 6.07) is 0. The molecule has 2 rings (SSSR count). The van der Waals surface area contributed by atoms with Gasteiger partial charge in [-0.3, -0.25) is 0 Å². The van der Waals surface area contributed by atoms with Crippen molar-refractivity contribution in [2.24, 2.45) is 0 Å². The third kappa shape index (κ3) is 3.44. The Morgan fingerprint density at radius 2 is 2.18 bits per heavy atom. The molecule has 0 unspecified atom stereocenters. The maximum Gasteiger partial charge on any atom is 0.350 e. The van der Waals surface area contributed by atoms with E-state index in [0.29, 0.717) is 38.4 Å². The molecule has 0 saturated carbocycles. The zero-order chi connectivity index (χ0) is 16.1. The highest BCUT2D eigenvalue weighted by molar-refractivity contribution is 7.98. The molecule has 0 radical (unpaired) electrons. The van der Waals surface area contributed by atoms with Crippen LogP contribution in [0.1, 0.15) is 36.4 Å². The number of carbonyl (C=O) groups excluding carboxylic acids is 1. The standard InChI is InChI=1S/C14H20N4O2S2/c1-4-6-7-16-11-8-9(15)10(13(19)20-5-2)22-12(8)18-14(17-11)21-3/h4-7,15H2,1-3H3,(H,16,17,18). The summed E-state index contributed by atoms with van der Waals surface area (Å²) in [5.74, 6) is 0.278. The number of carbonyl (C=O) groups is 1. The lowest BCUT2D eigenvalue weighted by atomic mass is 10.2. The summed E-state index contributed by atoms with van der Waals surface area (Å²) in [6.07, 6.45) is 4.04. The van der Waals surface area contributed by atoms with Crippen molar-refractivity contribution in [2.75, 3.05) is 30.5 Å². The van der Waals surface area contributed by atoms with Crippen LogP contribution in [0.5, 0.6) is 0 Å². The van der Waals surface area contributed by atoms with Gasteiger partial charge in [0.25, 0.3) is 0 Å². The lowest BCUT2D eigenvalue weighted by Crippen LogP contribution is -2.07. The van der Waals surface area contributed by atoms with E-state index in [9.17, 15) is 4.79 Å². The molecule has 2 aromatic rings. The highest BCUT2D eigenvalue weighted by Crippen LogP contribution is 2.37. The highest BCUT2D eigenvalue weighted by Gasteiger charge is 2.22. The van der Waals surface area contributed by atoms with Gasteiger partial charge in [-0.05, 0) is 19.6 Å². The number of unbranched alkanes of at least 4 members (excludes halogenated alkanes) is 1. The van der Waals surface area contributed by atoms with Gasteiger partial charge in [0.15, 0.2) is 5.16 Å². The second-order valence-electron chi connectivity index (χ2n) is 4.58. The van der Waals surface area contributed by atoms with Gasteiger partial charge in [-0.2, -0.15) is 0 Å². The Bertz CT molecular complexity index is 672. The number of nitrogens with two attached hydrogens (primary N) is 1. The first-order valence-corrected chi connectivity index (χ1v) is 9.21. The Morgan fingerprint density at radius 3 is 2.82 bits per heavy atom. The minimum absolute atomic E-state index is 0.315. The molecule has 0 fully saturated rings. The van der Waals surface area contributed by atoms with E-state index >= 15 is 0 Å². The van der Waals surface area contributed by atoms with E-state index in [2.05, 4.69) is 22.2 Å². The van der Waals surface area contributed by atoms with Crippen molar-refractivity contribution < 1.29 is 9.53 Å². The van der Waals surface area contributed by atoms with Crippen molar-refractivity contribution in [3.05, 3.63) is 4.88 Å². The van der Waals surface area contributed by atoms with Crippen LogP contribution in [0.25, 0.3) is 10.2 Å². The first kappa shape index (κ1) is 16.8. The number of ether oxygens (including phenoxy) is 1. The Morgan fingerprint density at radius 1 is 1.41 bits per heavy atom. The van der Waals surface area contributed by atoms with Crippen LogP contribution in [0.4, 0.5) is 11.5 Å². The summed E-state index contributed by atoms with van der Waals surface area (Å²) < 4.78 is 5.05. The predicted octanol–water partition coefficient (Wildman–Crippen LogP) is 3.38. The van der Waals surface area contributed by atoms with Gasteiger partial charge in [0, 0.05) is 6.54 Å². The molecule has 0 aliphatic heterocycles. The molecule has 0 aromatic carbocycles. The predicted molar refractivity (Wildman–Crippen MR) is 93.0 cm³/mol. The Kier molecular flexibility index (Phi) is 5.84. The number of hydrogen-bond acceptors (Lipinski definition) is 8. The van der Waals surface area contributed by atoms with Crippen LogP contribution in [-0.2, 0) is 4.74 Å². The third-order valence-corrected chi connectivity index (χ3v) is 4.66. The molecule has 120 valence electrons. The summed E-state index contributed by atoms with van der Waals surface area (Å²) in [7, 11) is 0. The topological polar surface area (TPSA) is 90.1 Å². The maximum atomic E-state index is 12.0. The molecule has 2 heterocycles. The Balaban J connectivity index is 2.49. The molecule has 0 amide bonds. The molecular weight excluding hydrogens is 320 g/mol. The van der Waals surface area contributed by atoms with Gasteiger partial charge in [0.2, 0.25) is 0 Å². The number of hydrogen-bond donors (Lipinski definition) is 2. The van der Waals surface area contributed by atoms with Crippen LogP contribution in [0.15, 0.2) is 5.16 Å². The van der Waals surface area contributed by atoms with Crippen molar-refractivity contribution in [2.45, 2.75) is 31.8 Å². The van der Waals surface area contributed by atoms with Gasteiger partial charge in [-0.25, -0.2) is 14.8 Å². The zero-order valence-electron chi connectivity index (χ0n) is 12.9. The number of esters is 1. The fourth-order valence-corrected chi connectivity index (χ4v) is 3.36. The molecule has 0 aliphatic rings. The first-order chi connectivity index (χ1) is 10.6. The van der Waals surface area contributed by atoms with Gasteiger partial charge in [0.1, 0.15) is 15.5 Å². The van der Waals surface area contributed by atoms with E-state index in [0.717, 1.165) is 19.4 Å². The average Bonchev–Trinajstić information content (AvgIpc) is 2.85. The highest BCUT2D eigenvalue weighted by atomic mass is 32.2. The molecule has 0 saturated heterocycles. The Labute approximate surface area is 137 Å². The van der Waals surface area contributed by atoms with E-state index < -0.39 is 5.97 Å². The van der Waals surface area contributed by atoms with E-state index in [4.69, 9.17) is 10.5 Å².